The van der Waals surface area contributed by atoms with Crippen molar-refractivity contribution in [2.24, 2.45) is 0 Å². The Kier molecular flexibility index (Phi) is 5.70. The normalized spacial score (nSPS) is 9.95. The molecule has 1 aromatic rings. The van der Waals surface area contributed by atoms with E-state index in [0.29, 0.717) is 6.54 Å². The zero-order chi connectivity index (χ0) is 15.1. The predicted octanol–water partition coefficient (Wildman–Crippen LogP) is 1.68. The Labute approximate surface area is 115 Å². The minimum absolute atomic E-state index is 0.0277. The number of hydrogen-bond donors (Lipinski definition) is 2. The Balaban J connectivity index is 2.87. The minimum Gasteiger partial charge on any atom is -0.494 e. The molecule has 0 radical (unpaired) electrons. The summed E-state index contributed by atoms with van der Waals surface area (Å²) < 4.78 is 18.2. The second kappa shape index (κ2) is 7.27. The van der Waals surface area contributed by atoms with E-state index in [1.165, 1.54) is 7.11 Å². The third-order valence-electron chi connectivity index (χ3n) is 2.48. The summed E-state index contributed by atoms with van der Waals surface area (Å²) in [6.45, 7) is 2.29. The highest BCUT2D eigenvalue weighted by Gasteiger charge is 2.19. The van der Waals surface area contributed by atoms with Crippen molar-refractivity contribution in [2.75, 3.05) is 25.5 Å². The first-order valence-electron chi connectivity index (χ1n) is 6.02. The molecular weight excluding hydrogens is 269 g/mol. The van der Waals surface area contributed by atoms with Gasteiger partial charge in [0.25, 0.3) is 5.69 Å². The molecule has 1 aromatic carbocycles. The van der Waals surface area contributed by atoms with Crippen molar-refractivity contribution in [1.82, 2.24) is 5.32 Å². The SMILES string of the molecule is CCCNC(=O)CNc1cc(OC)c(F)cc1[N+](=O)[O-]. The lowest BCUT2D eigenvalue weighted by Gasteiger charge is -2.09. The number of ether oxygens (including phenoxy) is 1. The third-order valence-corrected chi connectivity index (χ3v) is 2.48. The molecule has 110 valence electrons. The quantitative estimate of drug-likeness (QED) is 0.587. The molecule has 7 nitrogen and oxygen atoms in total. The van der Waals surface area contributed by atoms with Crippen LogP contribution in [-0.2, 0) is 4.79 Å². The third kappa shape index (κ3) is 4.08. The van der Waals surface area contributed by atoms with Crippen LogP contribution >= 0.6 is 0 Å². The Morgan fingerprint density at radius 2 is 2.20 bits per heavy atom. The average Bonchev–Trinajstić information content (AvgIpc) is 2.43. The molecule has 0 atom stereocenters. The van der Waals surface area contributed by atoms with Crippen LogP contribution < -0.4 is 15.4 Å². The number of nitro benzene ring substituents is 1. The molecule has 0 aliphatic heterocycles. The van der Waals surface area contributed by atoms with Gasteiger partial charge in [-0.15, -0.1) is 0 Å². The molecule has 0 aliphatic rings. The van der Waals surface area contributed by atoms with Crippen LogP contribution in [0.15, 0.2) is 12.1 Å². The van der Waals surface area contributed by atoms with Crippen molar-refractivity contribution in [3.8, 4) is 5.75 Å². The van der Waals surface area contributed by atoms with Crippen LogP contribution in [0.4, 0.5) is 15.8 Å². The van der Waals surface area contributed by atoms with Gasteiger partial charge in [-0.05, 0) is 6.42 Å². The molecule has 1 rings (SSSR count). The van der Waals surface area contributed by atoms with Gasteiger partial charge in [0.1, 0.15) is 5.69 Å². The van der Waals surface area contributed by atoms with Crippen molar-refractivity contribution in [2.45, 2.75) is 13.3 Å². The summed E-state index contributed by atoms with van der Waals surface area (Å²) in [4.78, 5) is 21.5. The van der Waals surface area contributed by atoms with E-state index in [4.69, 9.17) is 4.74 Å². The maximum atomic E-state index is 13.4. The highest BCUT2D eigenvalue weighted by Crippen LogP contribution is 2.31. The number of nitrogens with zero attached hydrogens (tertiary/aromatic N) is 1. The van der Waals surface area contributed by atoms with Crippen LogP contribution in [0.1, 0.15) is 13.3 Å². The Morgan fingerprint density at radius 1 is 1.50 bits per heavy atom. The van der Waals surface area contributed by atoms with E-state index in [1.807, 2.05) is 6.92 Å². The number of nitrogens with one attached hydrogen (secondary N) is 2. The maximum Gasteiger partial charge on any atom is 0.295 e. The number of hydrogen-bond acceptors (Lipinski definition) is 5. The van der Waals surface area contributed by atoms with Crippen molar-refractivity contribution < 1.29 is 18.8 Å². The Hall–Kier alpha value is -2.38. The molecule has 0 aliphatic carbocycles. The first-order valence-corrected chi connectivity index (χ1v) is 6.02. The minimum atomic E-state index is -0.833. The molecule has 1 amide bonds. The van der Waals surface area contributed by atoms with Gasteiger partial charge < -0.3 is 15.4 Å². The fourth-order valence-corrected chi connectivity index (χ4v) is 1.49. The van der Waals surface area contributed by atoms with Gasteiger partial charge in [-0.3, -0.25) is 14.9 Å². The van der Waals surface area contributed by atoms with Gasteiger partial charge in [-0.25, -0.2) is 4.39 Å². The number of rotatable bonds is 7. The van der Waals surface area contributed by atoms with Gasteiger partial charge in [0.15, 0.2) is 11.6 Å². The first kappa shape index (κ1) is 15.7. The molecular formula is C12H16FN3O4. The Morgan fingerprint density at radius 3 is 2.75 bits per heavy atom. The monoisotopic (exact) mass is 285 g/mol. The molecule has 8 heteroatoms. The molecule has 0 spiro atoms. The first-order chi connectivity index (χ1) is 9.49. The van der Waals surface area contributed by atoms with Crippen molar-refractivity contribution in [3.05, 3.63) is 28.1 Å². The zero-order valence-electron chi connectivity index (χ0n) is 11.2. The van der Waals surface area contributed by atoms with Crippen molar-refractivity contribution in [1.29, 1.82) is 0 Å². The Bertz CT molecular complexity index is 508. The molecule has 2 N–H and O–H groups in total. The van der Waals surface area contributed by atoms with E-state index in [9.17, 15) is 19.3 Å². The topological polar surface area (TPSA) is 93.5 Å². The number of benzene rings is 1. The summed E-state index contributed by atoms with van der Waals surface area (Å²) in [5.41, 5.74) is -0.425. The molecule has 0 fully saturated rings. The lowest BCUT2D eigenvalue weighted by atomic mass is 10.2. The summed E-state index contributed by atoms with van der Waals surface area (Å²) >= 11 is 0. The number of nitro groups is 1. The van der Waals surface area contributed by atoms with E-state index in [2.05, 4.69) is 10.6 Å². The van der Waals surface area contributed by atoms with Crippen LogP contribution in [0, 0.1) is 15.9 Å². The zero-order valence-corrected chi connectivity index (χ0v) is 11.2. The van der Waals surface area contributed by atoms with Gasteiger partial charge in [0.05, 0.1) is 24.6 Å². The number of halogens is 1. The standard InChI is InChI=1S/C12H16FN3O4/c1-3-4-14-12(17)7-15-9-6-11(20-2)8(13)5-10(9)16(18)19/h5-6,15H,3-4,7H2,1-2H3,(H,14,17). The van der Waals surface area contributed by atoms with Crippen LogP contribution in [0.2, 0.25) is 0 Å². The van der Waals surface area contributed by atoms with E-state index in [0.717, 1.165) is 18.6 Å². The number of carbonyl (C=O) groups excluding carboxylic acids is 1. The predicted molar refractivity (Wildman–Crippen MR) is 71.4 cm³/mol. The van der Waals surface area contributed by atoms with Gasteiger partial charge in [0.2, 0.25) is 5.91 Å². The summed E-state index contributed by atoms with van der Waals surface area (Å²) in [6.07, 6.45) is 0.788. The second-order valence-electron chi connectivity index (χ2n) is 3.96. The van der Waals surface area contributed by atoms with Gasteiger partial charge in [-0.1, -0.05) is 6.92 Å². The highest BCUT2D eigenvalue weighted by atomic mass is 19.1. The van der Waals surface area contributed by atoms with Crippen molar-refractivity contribution >= 4 is 17.3 Å². The molecule has 0 heterocycles. The number of anilines is 1. The lowest BCUT2D eigenvalue weighted by molar-refractivity contribution is -0.384. The largest absolute Gasteiger partial charge is 0.494 e. The van der Waals surface area contributed by atoms with Crippen molar-refractivity contribution in [3.63, 3.8) is 0 Å². The molecule has 0 bridgehead atoms. The number of amides is 1. The number of carbonyl (C=O) groups is 1. The van der Waals surface area contributed by atoms with Crippen LogP contribution in [-0.4, -0.2) is 31.0 Å². The lowest BCUT2D eigenvalue weighted by Crippen LogP contribution is -2.30. The van der Waals surface area contributed by atoms with Gasteiger partial charge in [0, 0.05) is 12.6 Å². The summed E-state index contributed by atoms with van der Waals surface area (Å²) in [5.74, 6) is -1.27. The van der Waals surface area contributed by atoms with Crippen LogP contribution in [0.3, 0.4) is 0 Å². The molecule has 0 unspecified atom stereocenters. The van der Waals surface area contributed by atoms with E-state index in [1.54, 1.807) is 0 Å². The highest BCUT2D eigenvalue weighted by molar-refractivity contribution is 5.81. The summed E-state index contributed by atoms with van der Waals surface area (Å²) in [7, 11) is 1.25. The van der Waals surface area contributed by atoms with Gasteiger partial charge in [-0.2, -0.15) is 0 Å². The summed E-state index contributed by atoms with van der Waals surface area (Å²) in [6, 6.07) is 1.91. The van der Waals surface area contributed by atoms with Gasteiger partial charge >= 0.3 is 0 Å². The van der Waals surface area contributed by atoms with Crippen LogP contribution in [0.25, 0.3) is 0 Å². The fraction of sp³-hybridized carbons (Fsp3) is 0.417. The maximum absolute atomic E-state index is 13.4. The van der Waals surface area contributed by atoms with Crippen LogP contribution in [0.5, 0.6) is 5.75 Å². The average molecular weight is 285 g/mol. The molecule has 20 heavy (non-hydrogen) atoms. The second-order valence-corrected chi connectivity index (χ2v) is 3.96. The smallest absolute Gasteiger partial charge is 0.295 e. The van der Waals surface area contributed by atoms with E-state index in [-0.39, 0.29) is 23.9 Å². The van der Waals surface area contributed by atoms with E-state index < -0.39 is 16.4 Å². The molecule has 0 saturated heterocycles. The van der Waals surface area contributed by atoms with E-state index >= 15 is 0 Å². The summed E-state index contributed by atoms with van der Waals surface area (Å²) in [5, 5.41) is 16.1. The number of methoxy groups -OCH3 is 1. The fourth-order valence-electron chi connectivity index (χ4n) is 1.49. The molecule has 0 aromatic heterocycles. The molecule has 0 saturated carbocycles.